The van der Waals surface area contributed by atoms with E-state index in [2.05, 4.69) is 0 Å². The Morgan fingerprint density at radius 2 is 2.06 bits per heavy atom. The van der Waals surface area contributed by atoms with Crippen molar-refractivity contribution in [3.05, 3.63) is 40.3 Å². The maximum absolute atomic E-state index is 12.0. The third-order valence-corrected chi connectivity index (χ3v) is 2.63. The van der Waals surface area contributed by atoms with Gasteiger partial charge in [0.1, 0.15) is 5.75 Å². The summed E-state index contributed by atoms with van der Waals surface area (Å²) in [5.41, 5.74) is 0.622. The maximum Gasteiger partial charge on any atom is 0.258 e. The molecule has 0 saturated heterocycles. The number of hydrogen-bond acceptors (Lipinski definition) is 3. The number of aromatic nitrogens is 1. The predicted molar refractivity (Wildman–Crippen MR) is 61.7 cm³/mol. The van der Waals surface area contributed by atoms with Crippen LogP contribution in [0.2, 0.25) is 0 Å². The number of hydrogen-bond donors (Lipinski definition) is 2. The monoisotopic (exact) mass is 219 g/mol. The zero-order valence-corrected chi connectivity index (χ0v) is 8.97. The highest BCUT2D eigenvalue weighted by molar-refractivity contribution is 5.83. The minimum Gasteiger partial charge on any atom is -0.508 e. The van der Waals surface area contributed by atoms with Crippen molar-refractivity contribution >= 4 is 10.8 Å². The number of nitrogens with zero attached hydrogens (tertiary/aromatic N) is 1. The van der Waals surface area contributed by atoms with E-state index in [0.29, 0.717) is 5.39 Å². The summed E-state index contributed by atoms with van der Waals surface area (Å²) in [4.78, 5) is 12.0. The molecule has 4 heteroatoms. The quantitative estimate of drug-likeness (QED) is 0.792. The molecule has 16 heavy (non-hydrogen) atoms. The summed E-state index contributed by atoms with van der Waals surface area (Å²) in [5, 5.41) is 19.5. The second-order valence-corrected chi connectivity index (χ2v) is 3.74. The minimum absolute atomic E-state index is 0.0731. The van der Waals surface area contributed by atoms with E-state index in [9.17, 15) is 9.90 Å². The minimum atomic E-state index is -0.181. The molecule has 0 unspecified atom stereocenters. The first-order valence-corrected chi connectivity index (χ1v) is 5.07. The molecule has 0 bridgehead atoms. The second-order valence-electron chi connectivity index (χ2n) is 3.74. The summed E-state index contributed by atoms with van der Waals surface area (Å²) in [7, 11) is 0. The van der Waals surface area contributed by atoms with Crippen molar-refractivity contribution in [1.82, 2.24) is 4.57 Å². The van der Waals surface area contributed by atoms with E-state index >= 15 is 0 Å². The van der Waals surface area contributed by atoms with Gasteiger partial charge in [0.15, 0.2) is 0 Å². The van der Waals surface area contributed by atoms with Crippen LogP contribution in [0.3, 0.4) is 0 Å². The molecule has 84 valence electrons. The lowest BCUT2D eigenvalue weighted by atomic mass is 10.1. The van der Waals surface area contributed by atoms with E-state index in [-0.39, 0.29) is 24.5 Å². The number of aliphatic hydroxyl groups excluding tert-OH is 1. The van der Waals surface area contributed by atoms with Crippen LogP contribution in [0.5, 0.6) is 5.75 Å². The fourth-order valence-electron chi connectivity index (χ4n) is 1.84. The van der Waals surface area contributed by atoms with Crippen LogP contribution in [-0.4, -0.2) is 21.4 Å². The van der Waals surface area contributed by atoms with Crippen molar-refractivity contribution < 1.29 is 10.2 Å². The maximum atomic E-state index is 12.0. The van der Waals surface area contributed by atoms with Crippen molar-refractivity contribution in [3.63, 3.8) is 0 Å². The highest BCUT2D eigenvalue weighted by Gasteiger charge is 2.06. The molecule has 0 saturated carbocycles. The van der Waals surface area contributed by atoms with Gasteiger partial charge in [0, 0.05) is 12.2 Å². The first-order valence-electron chi connectivity index (χ1n) is 5.07. The number of phenols is 1. The number of aromatic hydroxyl groups is 1. The van der Waals surface area contributed by atoms with Gasteiger partial charge in [0.2, 0.25) is 0 Å². The highest BCUT2D eigenvalue weighted by atomic mass is 16.3. The van der Waals surface area contributed by atoms with Gasteiger partial charge in [-0.25, -0.2) is 0 Å². The van der Waals surface area contributed by atoms with Gasteiger partial charge in [0.05, 0.1) is 12.0 Å². The van der Waals surface area contributed by atoms with Gasteiger partial charge in [-0.15, -0.1) is 0 Å². The first-order chi connectivity index (χ1) is 7.63. The fourth-order valence-corrected chi connectivity index (χ4v) is 1.84. The van der Waals surface area contributed by atoms with Gasteiger partial charge in [0.25, 0.3) is 5.56 Å². The lowest BCUT2D eigenvalue weighted by Crippen LogP contribution is -2.23. The van der Waals surface area contributed by atoms with Crippen molar-refractivity contribution in [3.8, 4) is 5.75 Å². The lowest BCUT2D eigenvalue weighted by molar-refractivity contribution is 0.273. The number of pyridine rings is 1. The summed E-state index contributed by atoms with van der Waals surface area (Å²) in [6.45, 7) is 2.02. The molecular weight excluding hydrogens is 206 g/mol. The molecular formula is C12H13NO3. The third-order valence-electron chi connectivity index (χ3n) is 2.63. The average Bonchev–Trinajstić information content (AvgIpc) is 2.26. The van der Waals surface area contributed by atoms with E-state index < -0.39 is 0 Å². The molecule has 0 amide bonds. The van der Waals surface area contributed by atoms with E-state index in [4.69, 9.17) is 5.11 Å². The van der Waals surface area contributed by atoms with Crippen LogP contribution in [0.4, 0.5) is 0 Å². The van der Waals surface area contributed by atoms with Crippen LogP contribution in [0.15, 0.2) is 29.1 Å². The predicted octanol–water partition coefficient (Wildman–Crippen LogP) is 1.01. The van der Waals surface area contributed by atoms with Gasteiger partial charge in [-0.3, -0.25) is 4.79 Å². The molecule has 4 nitrogen and oxygen atoms in total. The number of aliphatic hydroxyl groups is 1. The van der Waals surface area contributed by atoms with Crippen molar-refractivity contribution in [2.24, 2.45) is 0 Å². The van der Waals surface area contributed by atoms with E-state index in [0.717, 1.165) is 11.1 Å². The molecule has 1 aromatic carbocycles. The number of phenolic OH excluding ortho intramolecular Hbond substituents is 1. The summed E-state index contributed by atoms with van der Waals surface area (Å²) < 4.78 is 1.50. The number of aryl methyl sites for hydroxylation is 1. The Morgan fingerprint density at radius 3 is 2.75 bits per heavy atom. The standard InChI is InChI=1S/C12H13NO3/c1-8-6-9-2-3-10(15)7-11(9)12(16)13(8)4-5-14/h2-3,6-7,14-15H,4-5H2,1H3. The van der Waals surface area contributed by atoms with Crippen molar-refractivity contribution in [1.29, 1.82) is 0 Å². The molecule has 0 fully saturated rings. The largest absolute Gasteiger partial charge is 0.508 e. The normalized spacial score (nSPS) is 10.9. The summed E-state index contributed by atoms with van der Waals surface area (Å²) in [5.74, 6) is 0.0731. The molecule has 2 N–H and O–H groups in total. The van der Waals surface area contributed by atoms with E-state index in [1.165, 1.54) is 10.6 Å². The van der Waals surface area contributed by atoms with Crippen molar-refractivity contribution in [2.75, 3.05) is 6.61 Å². The zero-order valence-electron chi connectivity index (χ0n) is 8.97. The smallest absolute Gasteiger partial charge is 0.258 e. The molecule has 0 aliphatic carbocycles. The van der Waals surface area contributed by atoms with Crippen LogP contribution in [0.25, 0.3) is 10.8 Å². The van der Waals surface area contributed by atoms with Crippen LogP contribution in [0, 0.1) is 6.92 Å². The lowest BCUT2D eigenvalue weighted by Gasteiger charge is -2.10. The van der Waals surface area contributed by atoms with E-state index in [1.54, 1.807) is 12.1 Å². The molecule has 1 aromatic heterocycles. The molecule has 0 atom stereocenters. The molecule has 2 rings (SSSR count). The molecule has 2 aromatic rings. The molecule has 0 spiro atoms. The summed E-state index contributed by atoms with van der Waals surface area (Å²) in [6.07, 6.45) is 0. The Balaban J connectivity index is 2.80. The molecule has 1 heterocycles. The fraction of sp³-hybridized carbons (Fsp3) is 0.250. The van der Waals surface area contributed by atoms with E-state index in [1.807, 2.05) is 13.0 Å². The SMILES string of the molecule is Cc1cc2ccc(O)cc2c(=O)n1CCO. The molecule has 0 radical (unpaired) electrons. The van der Waals surface area contributed by atoms with Gasteiger partial charge < -0.3 is 14.8 Å². The Bertz CT molecular complexity index is 587. The third kappa shape index (κ3) is 1.67. The average molecular weight is 219 g/mol. The second kappa shape index (κ2) is 3.98. The van der Waals surface area contributed by atoms with Crippen LogP contribution in [0.1, 0.15) is 5.69 Å². The van der Waals surface area contributed by atoms with Crippen LogP contribution in [-0.2, 0) is 6.54 Å². The van der Waals surface area contributed by atoms with Gasteiger partial charge >= 0.3 is 0 Å². The molecule has 0 aliphatic rings. The number of rotatable bonds is 2. The zero-order chi connectivity index (χ0) is 11.7. The Morgan fingerprint density at radius 1 is 1.31 bits per heavy atom. The number of benzene rings is 1. The Hall–Kier alpha value is -1.81. The van der Waals surface area contributed by atoms with Crippen LogP contribution >= 0.6 is 0 Å². The Labute approximate surface area is 92.4 Å². The van der Waals surface area contributed by atoms with Crippen LogP contribution < -0.4 is 5.56 Å². The number of fused-ring (bicyclic) bond motifs is 1. The van der Waals surface area contributed by atoms with Gasteiger partial charge in [-0.05, 0) is 30.5 Å². The van der Waals surface area contributed by atoms with Gasteiger partial charge in [-0.1, -0.05) is 6.07 Å². The van der Waals surface area contributed by atoms with Crippen molar-refractivity contribution in [2.45, 2.75) is 13.5 Å². The Kier molecular flexibility index (Phi) is 2.66. The summed E-state index contributed by atoms with van der Waals surface area (Å²) in [6, 6.07) is 6.58. The van der Waals surface area contributed by atoms with Gasteiger partial charge in [-0.2, -0.15) is 0 Å². The molecule has 0 aliphatic heterocycles. The first kappa shape index (κ1) is 10.7. The summed E-state index contributed by atoms with van der Waals surface area (Å²) >= 11 is 0. The topological polar surface area (TPSA) is 62.5 Å². The highest BCUT2D eigenvalue weighted by Crippen LogP contribution is 2.17.